The molecule has 0 spiro atoms. The Morgan fingerprint density at radius 1 is 1.38 bits per heavy atom. The van der Waals surface area contributed by atoms with E-state index >= 15 is 0 Å². The molecule has 0 aliphatic carbocycles. The summed E-state index contributed by atoms with van der Waals surface area (Å²) < 4.78 is 25.9. The highest BCUT2D eigenvalue weighted by Gasteiger charge is 2.08. The quantitative estimate of drug-likeness (QED) is 0.840. The first-order valence-electron chi connectivity index (χ1n) is 5.15. The molecule has 16 heavy (non-hydrogen) atoms. The molecule has 3 nitrogen and oxygen atoms in total. The van der Waals surface area contributed by atoms with Crippen LogP contribution in [0.1, 0.15) is 19.2 Å². The first-order valence-corrected chi connectivity index (χ1v) is 5.15. The number of fused-ring (bicyclic) bond motifs is 1. The number of nitrogens with two attached hydrogens (primary N) is 1. The van der Waals surface area contributed by atoms with Crippen LogP contribution in [0.25, 0.3) is 11.0 Å². The summed E-state index contributed by atoms with van der Waals surface area (Å²) in [5, 5.41) is 0. The molecular weight excluding hydrogens is 212 g/mol. The van der Waals surface area contributed by atoms with Crippen molar-refractivity contribution >= 4 is 11.0 Å². The average Bonchev–Trinajstić information content (AvgIpc) is 2.58. The van der Waals surface area contributed by atoms with Gasteiger partial charge in [0.1, 0.15) is 5.82 Å². The van der Waals surface area contributed by atoms with E-state index < -0.39 is 11.6 Å². The van der Waals surface area contributed by atoms with E-state index in [0.29, 0.717) is 23.3 Å². The summed E-state index contributed by atoms with van der Waals surface area (Å²) in [7, 11) is 0. The molecule has 5 heteroatoms. The Balaban J connectivity index is 2.29. The number of rotatable bonds is 3. The van der Waals surface area contributed by atoms with Crippen molar-refractivity contribution in [3.63, 3.8) is 0 Å². The highest BCUT2D eigenvalue weighted by molar-refractivity contribution is 5.75. The predicted octanol–water partition coefficient (Wildman–Crippen LogP) is 2.12. The Morgan fingerprint density at radius 2 is 2.06 bits per heavy atom. The molecule has 1 aromatic carbocycles. The Labute approximate surface area is 91.7 Å². The molecule has 2 rings (SSSR count). The van der Waals surface area contributed by atoms with Gasteiger partial charge in [0.05, 0.1) is 11.0 Å². The molecule has 0 aliphatic heterocycles. The lowest BCUT2D eigenvalue weighted by Crippen LogP contribution is -2.15. The van der Waals surface area contributed by atoms with Gasteiger partial charge >= 0.3 is 0 Å². The van der Waals surface area contributed by atoms with Crippen LogP contribution in [0.2, 0.25) is 0 Å². The molecule has 1 unspecified atom stereocenters. The molecule has 1 atom stereocenters. The minimum absolute atomic E-state index is 0.0849. The summed E-state index contributed by atoms with van der Waals surface area (Å²) in [5.41, 5.74) is 6.58. The van der Waals surface area contributed by atoms with E-state index in [1.54, 1.807) is 0 Å². The van der Waals surface area contributed by atoms with E-state index in [4.69, 9.17) is 5.73 Å². The molecular formula is C11H13F2N3. The summed E-state index contributed by atoms with van der Waals surface area (Å²) in [4.78, 5) is 7.11. The lowest BCUT2D eigenvalue weighted by atomic mass is 10.2. The standard InChI is InChI=1S/C11H13F2N3/c1-6(14)2-3-11-15-9-4-7(12)8(13)5-10(9)16-11/h4-6H,2-3,14H2,1H3,(H,15,16). The van der Waals surface area contributed by atoms with Gasteiger partial charge in [-0.25, -0.2) is 13.8 Å². The molecule has 1 heterocycles. The fourth-order valence-electron chi connectivity index (χ4n) is 1.54. The van der Waals surface area contributed by atoms with Crippen LogP contribution in [-0.4, -0.2) is 16.0 Å². The largest absolute Gasteiger partial charge is 0.342 e. The van der Waals surface area contributed by atoms with Crippen molar-refractivity contribution in [3.8, 4) is 0 Å². The van der Waals surface area contributed by atoms with E-state index in [0.717, 1.165) is 18.6 Å². The molecule has 0 fully saturated rings. The zero-order valence-corrected chi connectivity index (χ0v) is 8.93. The van der Waals surface area contributed by atoms with Gasteiger partial charge in [-0.05, 0) is 13.3 Å². The van der Waals surface area contributed by atoms with Crippen LogP contribution >= 0.6 is 0 Å². The minimum Gasteiger partial charge on any atom is -0.342 e. The Hall–Kier alpha value is -1.49. The van der Waals surface area contributed by atoms with Crippen LogP contribution in [0, 0.1) is 11.6 Å². The summed E-state index contributed by atoms with van der Waals surface area (Å²) in [6.07, 6.45) is 1.46. The molecule has 0 saturated carbocycles. The maximum Gasteiger partial charge on any atom is 0.161 e. The summed E-state index contributed by atoms with van der Waals surface area (Å²) >= 11 is 0. The van der Waals surface area contributed by atoms with Crippen molar-refractivity contribution in [3.05, 3.63) is 29.6 Å². The third-order valence-corrected chi connectivity index (χ3v) is 2.41. The van der Waals surface area contributed by atoms with Crippen molar-refractivity contribution in [1.82, 2.24) is 9.97 Å². The van der Waals surface area contributed by atoms with Crippen LogP contribution in [0.3, 0.4) is 0 Å². The van der Waals surface area contributed by atoms with Crippen molar-refractivity contribution in [1.29, 1.82) is 0 Å². The Kier molecular flexibility index (Phi) is 2.87. The van der Waals surface area contributed by atoms with Gasteiger partial charge in [0.2, 0.25) is 0 Å². The number of imidazole rings is 1. The first kappa shape index (κ1) is 11.0. The third-order valence-electron chi connectivity index (χ3n) is 2.41. The maximum atomic E-state index is 12.9. The number of nitrogens with zero attached hydrogens (tertiary/aromatic N) is 1. The number of hydrogen-bond acceptors (Lipinski definition) is 2. The normalized spacial score (nSPS) is 13.2. The second-order valence-electron chi connectivity index (χ2n) is 3.98. The Bertz CT molecular complexity index is 466. The second-order valence-corrected chi connectivity index (χ2v) is 3.98. The fourth-order valence-corrected chi connectivity index (χ4v) is 1.54. The molecule has 0 radical (unpaired) electrons. The van der Waals surface area contributed by atoms with E-state index in [2.05, 4.69) is 9.97 Å². The van der Waals surface area contributed by atoms with Gasteiger partial charge in [0.15, 0.2) is 11.6 Å². The SMILES string of the molecule is CC(N)CCc1nc2cc(F)c(F)cc2[nH]1. The van der Waals surface area contributed by atoms with Crippen molar-refractivity contribution in [2.45, 2.75) is 25.8 Å². The molecule has 3 N–H and O–H groups in total. The van der Waals surface area contributed by atoms with Crippen molar-refractivity contribution in [2.24, 2.45) is 5.73 Å². The van der Waals surface area contributed by atoms with Crippen LogP contribution in [0.5, 0.6) is 0 Å². The number of hydrogen-bond donors (Lipinski definition) is 2. The molecule has 0 saturated heterocycles. The molecule has 1 aromatic heterocycles. The minimum atomic E-state index is -0.877. The molecule has 2 aromatic rings. The van der Waals surface area contributed by atoms with Crippen molar-refractivity contribution < 1.29 is 8.78 Å². The van der Waals surface area contributed by atoms with Gasteiger partial charge < -0.3 is 10.7 Å². The van der Waals surface area contributed by atoms with E-state index in [1.807, 2.05) is 6.92 Å². The molecule has 86 valence electrons. The maximum absolute atomic E-state index is 12.9. The number of H-pyrrole nitrogens is 1. The predicted molar refractivity (Wildman–Crippen MR) is 58.0 cm³/mol. The van der Waals surface area contributed by atoms with E-state index in [1.165, 1.54) is 0 Å². The molecule has 0 aliphatic rings. The topological polar surface area (TPSA) is 54.7 Å². The van der Waals surface area contributed by atoms with Gasteiger partial charge in [-0.3, -0.25) is 0 Å². The van der Waals surface area contributed by atoms with Crippen LogP contribution in [0.15, 0.2) is 12.1 Å². The van der Waals surface area contributed by atoms with Gasteiger partial charge in [-0.2, -0.15) is 0 Å². The van der Waals surface area contributed by atoms with E-state index in [9.17, 15) is 8.78 Å². The highest BCUT2D eigenvalue weighted by Crippen LogP contribution is 2.16. The van der Waals surface area contributed by atoms with E-state index in [-0.39, 0.29) is 6.04 Å². The first-order chi connectivity index (χ1) is 7.56. The number of aromatic amines is 1. The van der Waals surface area contributed by atoms with Gasteiger partial charge in [0.25, 0.3) is 0 Å². The Morgan fingerprint density at radius 3 is 2.75 bits per heavy atom. The number of benzene rings is 1. The summed E-state index contributed by atoms with van der Waals surface area (Å²) in [5.74, 6) is -1.04. The van der Waals surface area contributed by atoms with Crippen LogP contribution in [-0.2, 0) is 6.42 Å². The second kappa shape index (κ2) is 4.17. The summed E-state index contributed by atoms with van der Waals surface area (Å²) in [6.45, 7) is 1.90. The zero-order chi connectivity index (χ0) is 11.7. The number of halogens is 2. The highest BCUT2D eigenvalue weighted by atomic mass is 19.2. The lowest BCUT2D eigenvalue weighted by Gasteiger charge is -2.00. The third kappa shape index (κ3) is 2.19. The van der Waals surface area contributed by atoms with Crippen LogP contribution < -0.4 is 5.73 Å². The number of aryl methyl sites for hydroxylation is 1. The van der Waals surface area contributed by atoms with Crippen molar-refractivity contribution in [2.75, 3.05) is 0 Å². The lowest BCUT2D eigenvalue weighted by molar-refractivity contribution is 0.510. The summed E-state index contributed by atoms with van der Waals surface area (Å²) in [6, 6.07) is 2.30. The van der Waals surface area contributed by atoms with Gasteiger partial charge in [-0.15, -0.1) is 0 Å². The monoisotopic (exact) mass is 225 g/mol. The molecule has 0 amide bonds. The number of nitrogens with one attached hydrogen (secondary N) is 1. The van der Waals surface area contributed by atoms with Gasteiger partial charge in [-0.1, -0.05) is 0 Å². The van der Waals surface area contributed by atoms with Crippen LogP contribution in [0.4, 0.5) is 8.78 Å². The average molecular weight is 225 g/mol. The zero-order valence-electron chi connectivity index (χ0n) is 8.93. The number of aromatic nitrogens is 2. The molecule has 0 bridgehead atoms. The smallest absolute Gasteiger partial charge is 0.161 e. The fraction of sp³-hybridized carbons (Fsp3) is 0.364. The van der Waals surface area contributed by atoms with Gasteiger partial charge in [0, 0.05) is 24.6 Å².